The molecule has 1 aromatic rings. The van der Waals surface area contributed by atoms with E-state index in [4.69, 9.17) is 9.26 Å². The van der Waals surface area contributed by atoms with Gasteiger partial charge in [-0.2, -0.15) is 0 Å². The van der Waals surface area contributed by atoms with Crippen LogP contribution in [0.1, 0.15) is 70.6 Å². The first-order valence-electron chi connectivity index (χ1n) is 12.7. The van der Waals surface area contributed by atoms with Gasteiger partial charge in [-0.15, -0.1) is 0 Å². The highest BCUT2D eigenvalue weighted by Crippen LogP contribution is 2.46. The number of rotatable bonds is 16. The monoisotopic (exact) mass is 544 g/mol. The SMILES string of the molecule is O=C(CCCCCC[C@H]1C(=O)C[C@@H](OP(=O)(O)O)[C@@H]1CC[C@@H](O)CS(=O)c1ccccc1)OC1CC1. The van der Waals surface area contributed by atoms with Gasteiger partial charge in [-0.1, -0.05) is 37.5 Å². The van der Waals surface area contributed by atoms with E-state index in [1.165, 1.54) is 0 Å². The summed E-state index contributed by atoms with van der Waals surface area (Å²) in [4.78, 5) is 43.6. The molecule has 202 valence electrons. The number of aliphatic hydroxyl groups excluding tert-OH is 1. The minimum Gasteiger partial charge on any atom is -0.462 e. The van der Waals surface area contributed by atoms with E-state index in [-0.39, 0.29) is 36.5 Å². The van der Waals surface area contributed by atoms with Crippen LogP contribution in [0.15, 0.2) is 35.2 Å². The Morgan fingerprint density at radius 3 is 2.44 bits per heavy atom. The quantitative estimate of drug-likeness (QED) is 0.161. The van der Waals surface area contributed by atoms with Crippen LogP contribution in [0.3, 0.4) is 0 Å². The molecule has 0 bridgehead atoms. The van der Waals surface area contributed by atoms with Gasteiger partial charge in [-0.3, -0.25) is 18.3 Å². The van der Waals surface area contributed by atoms with E-state index in [9.17, 15) is 33.3 Å². The molecule has 0 aliphatic heterocycles. The van der Waals surface area contributed by atoms with E-state index in [0.717, 1.165) is 38.5 Å². The Bertz CT molecular complexity index is 931. The number of hydrogen-bond donors (Lipinski definition) is 3. The Labute approximate surface area is 214 Å². The molecule has 36 heavy (non-hydrogen) atoms. The predicted molar refractivity (Wildman–Crippen MR) is 133 cm³/mol. The van der Waals surface area contributed by atoms with Crippen molar-refractivity contribution in [3.63, 3.8) is 0 Å². The van der Waals surface area contributed by atoms with Crippen LogP contribution in [-0.4, -0.2) is 54.9 Å². The fourth-order valence-electron chi connectivity index (χ4n) is 4.78. The highest BCUT2D eigenvalue weighted by atomic mass is 32.2. The predicted octanol–water partition coefficient (Wildman–Crippen LogP) is 3.66. The molecule has 2 aliphatic carbocycles. The molecule has 11 heteroatoms. The van der Waals surface area contributed by atoms with Gasteiger partial charge in [0, 0.05) is 23.7 Å². The summed E-state index contributed by atoms with van der Waals surface area (Å²) in [6, 6.07) is 8.83. The van der Waals surface area contributed by atoms with Gasteiger partial charge >= 0.3 is 13.8 Å². The Kier molecular flexibility index (Phi) is 11.3. The van der Waals surface area contributed by atoms with E-state index < -0.39 is 42.7 Å². The van der Waals surface area contributed by atoms with Gasteiger partial charge in [-0.05, 0) is 56.6 Å². The molecule has 2 fully saturated rings. The molecule has 0 spiro atoms. The lowest BCUT2D eigenvalue weighted by Crippen LogP contribution is -2.26. The average Bonchev–Trinajstić information content (AvgIpc) is 3.57. The molecule has 0 heterocycles. The number of phosphoric acid groups is 1. The summed E-state index contributed by atoms with van der Waals surface area (Å²) in [5.74, 6) is -1.05. The van der Waals surface area contributed by atoms with Crippen molar-refractivity contribution in [2.24, 2.45) is 11.8 Å². The van der Waals surface area contributed by atoms with Gasteiger partial charge in [0.2, 0.25) is 0 Å². The summed E-state index contributed by atoms with van der Waals surface area (Å²) in [5.41, 5.74) is 0. The summed E-state index contributed by atoms with van der Waals surface area (Å²) in [6.07, 6.45) is 4.82. The van der Waals surface area contributed by atoms with Crippen molar-refractivity contribution in [1.29, 1.82) is 0 Å². The third-order valence-electron chi connectivity index (χ3n) is 6.73. The molecule has 9 nitrogen and oxygen atoms in total. The van der Waals surface area contributed by atoms with Gasteiger partial charge in [-0.25, -0.2) is 4.57 Å². The summed E-state index contributed by atoms with van der Waals surface area (Å²) in [7, 11) is -6.15. The maximum absolute atomic E-state index is 12.7. The first-order chi connectivity index (χ1) is 17.1. The highest BCUT2D eigenvalue weighted by molar-refractivity contribution is 7.85. The number of ketones is 1. The minimum absolute atomic E-state index is 0.0442. The number of unbranched alkanes of at least 4 members (excludes halogenated alkanes) is 3. The Morgan fingerprint density at radius 1 is 1.08 bits per heavy atom. The van der Waals surface area contributed by atoms with Crippen LogP contribution in [0.4, 0.5) is 0 Å². The largest absolute Gasteiger partial charge is 0.469 e. The number of esters is 1. The van der Waals surface area contributed by atoms with E-state index in [0.29, 0.717) is 24.2 Å². The van der Waals surface area contributed by atoms with Crippen molar-refractivity contribution >= 4 is 30.4 Å². The summed E-state index contributed by atoms with van der Waals surface area (Å²) < 4.78 is 34.1. The van der Waals surface area contributed by atoms with Crippen molar-refractivity contribution in [2.45, 2.75) is 93.8 Å². The first kappa shape index (κ1) is 29.1. The maximum Gasteiger partial charge on any atom is 0.469 e. The molecule has 5 atom stereocenters. The topological polar surface area (TPSA) is 147 Å². The second-order valence-corrected chi connectivity index (χ2v) is 12.5. The fourth-order valence-corrected chi connectivity index (χ4v) is 6.54. The van der Waals surface area contributed by atoms with Crippen molar-refractivity contribution in [3.05, 3.63) is 30.3 Å². The van der Waals surface area contributed by atoms with Gasteiger partial charge in [0.15, 0.2) is 0 Å². The Hall–Kier alpha value is -1.42. The summed E-state index contributed by atoms with van der Waals surface area (Å²) >= 11 is 0. The second kappa shape index (κ2) is 13.9. The standard InChI is InChI=1S/C25H37O9PS/c26-18(17-36(32)20-8-4-3-5-9-20)12-15-22-21(23(27)16-24(22)34-35(29,30)31)10-6-1-2-7-11-25(28)33-19-13-14-19/h3-5,8-9,18-19,21-22,24,26H,1-2,6-7,10-17H2,(H2,29,30,31)/t18-,21-,22-,24-,36?/m1/s1. The zero-order chi connectivity index (χ0) is 26.1. The number of carbonyl (C=O) groups excluding carboxylic acids is 2. The lowest BCUT2D eigenvalue weighted by molar-refractivity contribution is -0.145. The van der Waals surface area contributed by atoms with Crippen LogP contribution in [0.2, 0.25) is 0 Å². The maximum atomic E-state index is 12.7. The van der Waals surface area contributed by atoms with Gasteiger partial charge in [0.05, 0.1) is 28.8 Å². The Morgan fingerprint density at radius 2 is 1.78 bits per heavy atom. The molecular weight excluding hydrogens is 507 g/mol. The van der Waals surface area contributed by atoms with E-state index >= 15 is 0 Å². The zero-order valence-corrected chi connectivity index (χ0v) is 22.1. The third-order valence-corrected chi connectivity index (χ3v) is 8.77. The molecule has 0 saturated heterocycles. The lowest BCUT2D eigenvalue weighted by atomic mass is 9.85. The number of aliphatic hydroxyl groups is 1. The van der Waals surface area contributed by atoms with Crippen molar-refractivity contribution < 1.29 is 42.5 Å². The van der Waals surface area contributed by atoms with E-state index in [2.05, 4.69) is 0 Å². The third kappa shape index (κ3) is 10.1. The molecule has 0 radical (unpaired) electrons. The minimum atomic E-state index is -4.78. The molecule has 1 unspecified atom stereocenters. The fraction of sp³-hybridized carbons (Fsp3) is 0.680. The molecule has 2 saturated carbocycles. The van der Waals surface area contributed by atoms with Crippen LogP contribution < -0.4 is 0 Å². The van der Waals surface area contributed by atoms with Crippen LogP contribution in [-0.2, 0) is 34.2 Å². The van der Waals surface area contributed by atoms with Crippen molar-refractivity contribution in [2.75, 3.05) is 5.75 Å². The molecule has 0 aromatic heterocycles. The molecular formula is C25H37O9PS. The Balaban J connectivity index is 1.47. The number of ether oxygens (including phenoxy) is 1. The second-order valence-electron chi connectivity index (χ2n) is 9.77. The summed E-state index contributed by atoms with van der Waals surface area (Å²) in [5, 5.41) is 10.5. The van der Waals surface area contributed by atoms with Crippen LogP contribution in [0.5, 0.6) is 0 Å². The lowest BCUT2D eigenvalue weighted by Gasteiger charge is -2.25. The number of Topliss-reactive ketones (excluding diaryl/α,β-unsaturated/α-hetero) is 1. The molecule has 2 aliphatic rings. The van der Waals surface area contributed by atoms with Crippen molar-refractivity contribution in [3.8, 4) is 0 Å². The number of phosphoric ester groups is 1. The number of hydrogen-bond acceptors (Lipinski definition) is 7. The van der Waals surface area contributed by atoms with E-state index in [1.54, 1.807) is 24.3 Å². The van der Waals surface area contributed by atoms with Crippen LogP contribution in [0, 0.1) is 11.8 Å². The zero-order valence-electron chi connectivity index (χ0n) is 20.4. The van der Waals surface area contributed by atoms with Crippen molar-refractivity contribution in [1.82, 2.24) is 0 Å². The summed E-state index contributed by atoms with van der Waals surface area (Å²) in [6.45, 7) is 0. The van der Waals surface area contributed by atoms with Crippen LogP contribution in [0.25, 0.3) is 0 Å². The molecule has 3 N–H and O–H groups in total. The number of carbonyl (C=O) groups is 2. The van der Waals surface area contributed by atoms with Crippen LogP contribution >= 0.6 is 7.82 Å². The highest BCUT2D eigenvalue weighted by Gasteiger charge is 2.44. The van der Waals surface area contributed by atoms with Gasteiger partial charge in [0.25, 0.3) is 0 Å². The molecule has 3 rings (SSSR count). The first-order valence-corrected chi connectivity index (χ1v) is 15.5. The molecule has 0 amide bonds. The average molecular weight is 545 g/mol. The van der Waals surface area contributed by atoms with E-state index in [1.807, 2.05) is 6.07 Å². The normalized spacial score (nSPS) is 24.0. The van der Waals surface area contributed by atoms with Gasteiger partial charge < -0.3 is 19.6 Å². The smallest absolute Gasteiger partial charge is 0.462 e. The molecule has 1 aromatic carbocycles. The van der Waals surface area contributed by atoms with Gasteiger partial charge in [0.1, 0.15) is 11.9 Å². The number of benzene rings is 1.